The van der Waals surface area contributed by atoms with Crippen LogP contribution >= 0.6 is 23.1 Å². The number of thioether (sulfide) groups is 1. The molecule has 3 spiro atoms. The van der Waals surface area contributed by atoms with E-state index >= 15 is 0 Å². The van der Waals surface area contributed by atoms with E-state index in [2.05, 4.69) is 23.5 Å². The number of likely N-dealkylation sites (tertiary alicyclic amines) is 3. The molecule has 4 aromatic carbocycles. The fourth-order valence-corrected chi connectivity index (χ4v) is 16.6. The van der Waals surface area contributed by atoms with Gasteiger partial charge < -0.3 is 69.4 Å². The lowest BCUT2D eigenvalue weighted by Gasteiger charge is -2.38. The maximum atomic E-state index is 13.4. The lowest BCUT2D eigenvalue weighted by Crippen LogP contribution is -2.46. The number of thiophene rings is 1. The van der Waals surface area contributed by atoms with Crippen molar-refractivity contribution in [2.75, 3.05) is 65.3 Å². The van der Waals surface area contributed by atoms with Gasteiger partial charge in [0.25, 0.3) is 23.6 Å². The van der Waals surface area contributed by atoms with E-state index in [9.17, 15) is 28.4 Å². The number of ether oxygens (including phenoxy) is 4. The number of hydrogen-bond donors (Lipinski definition) is 4. The van der Waals surface area contributed by atoms with Crippen molar-refractivity contribution in [3.8, 4) is 23.0 Å². The molecular formula is C74H80FN7O12S2. The van der Waals surface area contributed by atoms with Gasteiger partial charge in [-0.15, -0.1) is 23.1 Å². The number of fused-ring (bicyclic) bond motifs is 7. The molecule has 15 rings (SSSR count). The molecular weight excluding hydrogens is 1260 g/mol. The van der Waals surface area contributed by atoms with E-state index in [-0.39, 0.29) is 70.4 Å². The second kappa shape index (κ2) is 27.8. The Hall–Kier alpha value is -8.67. The first kappa shape index (κ1) is 66.0. The number of furan rings is 3. The number of nitrogens with zero attached hydrogens (tertiary/aromatic N) is 3. The van der Waals surface area contributed by atoms with Crippen molar-refractivity contribution in [3.05, 3.63) is 205 Å². The normalized spacial score (nSPS) is 17.4. The second-order valence-corrected chi connectivity index (χ2v) is 28.1. The van der Waals surface area contributed by atoms with Gasteiger partial charge in [-0.2, -0.15) is 0 Å². The summed E-state index contributed by atoms with van der Waals surface area (Å²) in [6, 6.07) is 32.8. The number of ketones is 1. The van der Waals surface area contributed by atoms with Crippen molar-refractivity contribution in [3.63, 3.8) is 0 Å². The zero-order chi connectivity index (χ0) is 66.9. The summed E-state index contributed by atoms with van der Waals surface area (Å²) in [7, 11) is 0. The van der Waals surface area contributed by atoms with E-state index < -0.39 is 0 Å². The molecule has 0 radical (unpaired) electrons. The van der Waals surface area contributed by atoms with Crippen molar-refractivity contribution in [2.24, 2.45) is 17.2 Å². The fourth-order valence-electron chi connectivity index (χ4n) is 14.5. The largest absolute Gasteiger partial charge is 0.492 e. The van der Waals surface area contributed by atoms with Crippen molar-refractivity contribution < 1.29 is 60.6 Å². The molecule has 0 atom stereocenters. The van der Waals surface area contributed by atoms with E-state index in [0.717, 1.165) is 106 Å². The molecule has 19 nitrogen and oxygen atoms in total. The predicted octanol–water partition coefficient (Wildman–Crippen LogP) is 11.5. The van der Waals surface area contributed by atoms with Crippen LogP contribution in [0.4, 0.5) is 4.39 Å². The van der Waals surface area contributed by atoms with Crippen LogP contribution in [0.1, 0.15) is 165 Å². The number of nitrogens with one attached hydrogen (secondary N) is 1. The molecule has 96 heavy (non-hydrogen) atoms. The minimum absolute atomic E-state index is 0.0213. The highest BCUT2D eigenvalue weighted by molar-refractivity contribution is 8.00. The molecule has 7 N–H and O–H groups in total. The van der Waals surface area contributed by atoms with Gasteiger partial charge in [-0.05, 0) is 167 Å². The molecule has 10 heterocycles. The number of carbonyl (C=O) groups excluding carboxylic acids is 5. The average Bonchev–Trinajstić information content (AvgIpc) is 1.60. The summed E-state index contributed by atoms with van der Waals surface area (Å²) >= 11 is 3.09. The minimum Gasteiger partial charge on any atom is -0.492 e. The van der Waals surface area contributed by atoms with Gasteiger partial charge in [0, 0.05) is 104 Å². The number of Topliss-reactive ketones (excluding diaryl/α,β-unsaturated/α-hetero) is 1. The Balaban J connectivity index is 0.000000130. The standard InChI is InChI=1S/C26H29N3O5.C25H25FN2O4.C23H26N2O3S2/c1-16-11-20(17(2)33-16)24(30)28-14-19-4-6-23(34-19)25(31)29-9-7-26(8-10-29)15-32-22-5-3-18(13-27)12-21(22)26;26-18-2-4-19(5-3-18)30-15-20-6-8-23(32-20)24(29)28-11-9-25(10-12-28)16-31-22-7-1-17(14-27)13-21(22)25;1-29-22-19-15(3-2-4-17(19)26)20(30-22)21(27)25-9-7-23(8-10-25)13-28-18-6-5-14(12-24)11-16(18)23/h3-6,11-12H,7-10,13-15,27H2,1-2H3,(H,28,30);1-8,13H,9-12,14-16,27H2;5-6,11H,2-4,7-10,12-13,24H2,1H3. The molecule has 3 fully saturated rings. The van der Waals surface area contributed by atoms with Gasteiger partial charge in [0.15, 0.2) is 17.3 Å². The van der Waals surface area contributed by atoms with Crippen LogP contribution in [0.5, 0.6) is 23.0 Å². The molecule has 6 aliphatic heterocycles. The number of rotatable bonds is 13. The fraction of sp³-hybridized carbons (Fsp3) is 0.392. The molecule has 1 aliphatic carbocycles. The highest BCUT2D eigenvalue weighted by Crippen LogP contribution is 2.50. The van der Waals surface area contributed by atoms with Gasteiger partial charge in [0.2, 0.25) is 0 Å². The first-order chi connectivity index (χ1) is 46.5. The second-order valence-electron chi connectivity index (χ2n) is 26.0. The van der Waals surface area contributed by atoms with Crippen LogP contribution in [0.3, 0.4) is 0 Å². The summed E-state index contributed by atoms with van der Waals surface area (Å²) in [6.07, 6.45) is 9.36. The topological polar surface area (TPSA) is 262 Å². The minimum atomic E-state index is -0.320. The summed E-state index contributed by atoms with van der Waals surface area (Å²) in [4.78, 5) is 70.7. The quantitative estimate of drug-likeness (QED) is 0.0782. The van der Waals surface area contributed by atoms with Crippen molar-refractivity contribution in [1.82, 2.24) is 20.0 Å². The zero-order valence-electron chi connectivity index (χ0n) is 54.3. The Morgan fingerprint density at radius 2 is 1.06 bits per heavy atom. The molecule has 4 aromatic heterocycles. The molecule has 4 amide bonds. The summed E-state index contributed by atoms with van der Waals surface area (Å²) in [6.45, 7) is 11.3. The van der Waals surface area contributed by atoms with Gasteiger partial charge in [-0.1, -0.05) is 36.4 Å². The number of carbonyl (C=O) groups is 5. The monoisotopic (exact) mass is 1340 g/mol. The Morgan fingerprint density at radius 3 is 1.52 bits per heavy atom. The molecule has 7 aliphatic rings. The number of amides is 4. The van der Waals surface area contributed by atoms with E-state index in [1.165, 1.54) is 40.2 Å². The third-order valence-electron chi connectivity index (χ3n) is 20.2. The number of aryl methyl sites for hydroxylation is 2. The van der Waals surface area contributed by atoms with Gasteiger partial charge in [0.1, 0.15) is 58.5 Å². The zero-order valence-corrected chi connectivity index (χ0v) is 56.0. The summed E-state index contributed by atoms with van der Waals surface area (Å²) in [5.41, 5.74) is 26.7. The smallest absolute Gasteiger partial charge is 0.289 e. The van der Waals surface area contributed by atoms with Crippen molar-refractivity contribution in [2.45, 2.75) is 125 Å². The molecule has 0 saturated carbocycles. The molecule has 3 saturated heterocycles. The van der Waals surface area contributed by atoms with Crippen LogP contribution in [0, 0.1) is 19.7 Å². The van der Waals surface area contributed by atoms with Gasteiger partial charge in [-0.25, -0.2) is 4.39 Å². The Bertz CT molecular complexity index is 4220. The highest BCUT2D eigenvalue weighted by atomic mass is 32.2. The lowest BCUT2D eigenvalue weighted by molar-refractivity contribution is 0.0606. The van der Waals surface area contributed by atoms with Crippen molar-refractivity contribution >= 4 is 52.5 Å². The number of benzene rings is 4. The Labute approximate surface area is 565 Å². The van der Waals surface area contributed by atoms with Crippen LogP contribution < -0.4 is 41.5 Å². The van der Waals surface area contributed by atoms with E-state index in [1.54, 1.807) is 68.1 Å². The van der Waals surface area contributed by atoms with Gasteiger partial charge in [0.05, 0.1) is 41.0 Å². The Kier molecular flexibility index (Phi) is 19.1. The summed E-state index contributed by atoms with van der Waals surface area (Å²) < 4.78 is 54.4. The predicted molar refractivity (Wildman–Crippen MR) is 361 cm³/mol. The van der Waals surface area contributed by atoms with Crippen molar-refractivity contribution in [1.29, 1.82) is 0 Å². The molecule has 22 heteroatoms. The maximum absolute atomic E-state index is 13.4. The number of halogens is 1. The Morgan fingerprint density at radius 1 is 0.594 bits per heavy atom. The van der Waals surface area contributed by atoms with Crippen LogP contribution in [-0.4, -0.2) is 109 Å². The number of piperidine rings is 3. The van der Waals surface area contributed by atoms with Crippen LogP contribution in [0.2, 0.25) is 0 Å². The number of hydrogen-bond acceptors (Lipinski definition) is 17. The lowest BCUT2D eigenvalue weighted by atomic mass is 9.74. The van der Waals surface area contributed by atoms with Gasteiger partial charge >= 0.3 is 0 Å². The molecule has 502 valence electrons. The first-order valence-corrected chi connectivity index (χ1v) is 35.0. The highest BCUT2D eigenvalue weighted by Gasteiger charge is 2.47. The third-order valence-corrected chi connectivity index (χ3v) is 22.5. The SMILES string of the molecule is CSc1sc(C(=O)N2CCC3(CC2)COc2ccc(CN)cc23)c2c1C(=O)CCC2.Cc1cc(C(=O)NCc2ccc(C(=O)N3CCC4(CC3)COc3ccc(CN)cc34)o2)c(C)o1.NCc1ccc2c(c1)C1(CCN(C(=O)c3ccc(COc4ccc(F)cc4)o3)CC1)CO2. The molecule has 8 aromatic rings. The molecule has 0 unspecified atom stereocenters. The summed E-state index contributed by atoms with van der Waals surface area (Å²) in [5, 5.41) is 2.81. The van der Waals surface area contributed by atoms with Crippen LogP contribution in [-0.2, 0) is 55.5 Å². The van der Waals surface area contributed by atoms with E-state index in [4.69, 9.17) is 49.4 Å². The van der Waals surface area contributed by atoms with E-state index in [1.807, 2.05) is 57.4 Å². The van der Waals surface area contributed by atoms with Gasteiger partial charge in [-0.3, -0.25) is 24.0 Å². The van der Waals surface area contributed by atoms with Crippen LogP contribution in [0.15, 0.2) is 127 Å². The number of nitrogens with two attached hydrogens (primary N) is 3. The summed E-state index contributed by atoms with van der Waals surface area (Å²) in [5.74, 6) is 5.73. The first-order valence-electron chi connectivity index (χ1n) is 32.9. The average molecular weight is 1340 g/mol. The van der Waals surface area contributed by atoms with Crippen LogP contribution in [0.25, 0.3) is 0 Å². The molecule has 0 bridgehead atoms. The third kappa shape index (κ3) is 13.2. The van der Waals surface area contributed by atoms with E-state index in [0.29, 0.717) is 125 Å². The maximum Gasteiger partial charge on any atom is 0.289 e.